The lowest BCUT2D eigenvalue weighted by atomic mass is 10.1. The minimum atomic E-state index is 0.120. The summed E-state index contributed by atoms with van der Waals surface area (Å²) in [5.41, 5.74) is 1.19. The van der Waals surface area contributed by atoms with Gasteiger partial charge in [-0.05, 0) is 61.6 Å². The van der Waals surface area contributed by atoms with Crippen molar-refractivity contribution in [3.63, 3.8) is 0 Å². The quantitative estimate of drug-likeness (QED) is 0.692. The lowest BCUT2D eigenvalue weighted by Crippen LogP contribution is -2.37. The fourth-order valence-electron chi connectivity index (χ4n) is 1.78. The van der Waals surface area contributed by atoms with Crippen LogP contribution in [-0.2, 0) is 6.42 Å². The van der Waals surface area contributed by atoms with Crippen LogP contribution in [0.2, 0.25) is 0 Å². The number of benzene rings is 1. The second-order valence-corrected chi connectivity index (χ2v) is 7.75. The van der Waals surface area contributed by atoms with Crippen LogP contribution in [0.25, 0.3) is 11.3 Å². The van der Waals surface area contributed by atoms with Crippen molar-refractivity contribution in [2.24, 2.45) is 0 Å². The first-order valence-electron chi connectivity index (χ1n) is 6.50. The molecule has 3 nitrogen and oxygen atoms in total. The van der Waals surface area contributed by atoms with E-state index < -0.39 is 0 Å². The zero-order valence-corrected chi connectivity index (χ0v) is 15.6. The predicted octanol–water partition coefficient (Wildman–Crippen LogP) is 4.64. The fraction of sp³-hybridized carbons (Fsp3) is 0.400. The topological polar surface area (TPSA) is 38.1 Å². The van der Waals surface area contributed by atoms with E-state index >= 15 is 0 Å². The molecule has 0 aliphatic heterocycles. The summed E-state index contributed by atoms with van der Waals surface area (Å²) in [6, 6.07) is 6.14. The molecule has 0 fully saturated rings. The number of aromatic nitrogens is 1. The average molecular weight is 449 g/mol. The minimum absolute atomic E-state index is 0.120. The molecule has 0 saturated heterocycles. The first-order chi connectivity index (χ1) is 9.35. The molecule has 0 radical (unpaired) electrons. The number of nitrogens with zero attached hydrogens (tertiary/aromatic N) is 1. The van der Waals surface area contributed by atoms with E-state index in [1.54, 1.807) is 6.20 Å². The Morgan fingerprint density at radius 1 is 1.35 bits per heavy atom. The Bertz CT molecular complexity index is 590. The maximum Gasteiger partial charge on any atom is 0.196 e. The molecule has 1 aromatic carbocycles. The molecule has 0 aliphatic rings. The van der Waals surface area contributed by atoms with E-state index in [2.05, 4.69) is 81.7 Å². The zero-order chi connectivity index (χ0) is 14.8. The van der Waals surface area contributed by atoms with E-state index in [9.17, 15) is 0 Å². The summed E-state index contributed by atoms with van der Waals surface area (Å²) in [5, 5.41) is 3.43. The summed E-state index contributed by atoms with van der Waals surface area (Å²) < 4.78 is 8.04. The van der Waals surface area contributed by atoms with Gasteiger partial charge in [-0.25, -0.2) is 4.98 Å². The summed E-state index contributed by atoms with van der Waals surface area (Å²) in [4.78, 5) is 4.36. The van der Waals surface area contributed by atoms with Crippen LogP contribution < -0.4 is 5.32 Å². The SMILES string of the molecule is CC(C)(C)NCCc1ncc(-c2cc(Br)ccc2I)o1. The molecule has 108 valence electrons. The van der Waals surface area contributed by atoms with Crippen molar-refractivity contribution < 1.29 is 4.42 Å². The Balaban J connectivity index is 2.07. The van der Waals surface area contributed by atoms with Crippen molar-refractivity contribution in [3.8, 4) is 11.3 Å². The molecule has 1 heterocycles. The summed E-state index contributed by atoms with van der Waals surface area (Å²) in [7, 11) is 0. The van der Waals surface area contributed by atoms with Gasteiger partial charge in [-0.1, -0.05) is 15.9 Å². The molecule has 2 aromatic rings. The van der Waals surface area contributed by atoms with Crippen molar-refractivity contribution in [3.05, 3.63) is 38.3 Å². The van der Waals surface area contributed by atoms with E-state index in [0.29, 0.717) is 0 Å². The van der Waals surface area contributed by atoms with Gasteiger partial charge in [0.25, 0.3) is 0 Å². The fourth-order valence-corrected chi connectivity index (χ4v) is 2.74. The van der Waals surface area contributed by atoms with Gasteiger partial charge in [-0.15, -0.1) is 0 Å². The van der Waals surface area contributed by atoms with Gasteiger partial charge in [-0.2, -0.15) is 0 Å². The third-order valence-corrected chi connectivity index (χ3v) is 4.18. The maximum absolute atomic E-state index is 5.84. The first-order valence-corrected chi connectivity index (χ1v) is 8.37. The van der Waals surface area contributed by atoms with E-state index in [1.165, 1.54) is 0 Å². The van der Waals surface area contributed by atoms with Gasteiger partial charge >= 0.3 is 0 Å². The maximum atomic E-state index is 5.84. The van der Waals surface area contributed by atoms with Gasteiger partial charge in [0.1, 0.15) is 0 Å². The van der Waals surface area contributed by atoms with Crippen molar-refractivity contribution in [2.45, 2.75) is 32.7 Å². The van der Waals surface area contributed by atoms with Gasteiger partial charge in [-0.3, -0.25) is 0 Å². The van der Waals surface area contributed by atoms with E-state index in [-0.39, 0.29) is 5.54 Å². The zero-order valence-electron chi connectivity index (χ0n) is 11.8. The molecule has 0 aliphatic carbocycles. The Hall–Kier alpha value is -0.400. The molecule has 0 saturated carbocycles. The molecule has 0 bridgehead atoms. The van der Waals surface area contributed by atoms with Crippen LogP contribution in [0.5, 0.6) is 0 Å². The number of rotatable bonds is 4. The normalized spacial score (nSPS) is 11.8. The van der Waals surface area contributed by atoms with Crippen LogP contribution in [0.1, 0.15) is 26.7 Å². The minimum Gasteiger partial charge on any atom is -0.441 e. The smallest absolute Gasteiger partial charge is 0.196 e. The van der Waals surface area contributed by atoms with Crippen molar-refractivity contribution in [1.82, 2.24) is 10.3 Å². The molecule has 1 aromatic heterocycles. The Morgan fingerprint density at radius 2 is 2.10 bits per heavy atom. The molecule has 0 spiro atoms. The van der Waals surface area contributed by atoms with Crippen LogP contribution in [0, 0.1) is 3.57 Å². The highest BCUT2D eigenvalue weighted by Gasteiger charge is 2.12. The van der Waals surface area contributed by atoms with Crippen LogP contribution >= 0.6 is 38.5 Å². The molecule has 0 unspecified atom stereocenters. The number of hydrogen-bond donors (Lipinski definition) is 1. The molecular formula is C15H18BrIN2O. The van der Waals surface area contributed by atoms with Crippen LogP contribution in [-0.4, -0.2) is 17.1 Å². The van der Waals surface area contributed by atoms with Crippen molar-refractivity contribution >= 4 is 38.5 Å². The molecule has 0 amide bonds. The first kappa shape index (κ1) is 16.0. The van der Waals surface area contributed by atoms with E-state index in [1.807, 2.05) is 6.07 Å². The molecule has 0 atom stereocenters. The van der Waals surface area contributed by atoms with Gasteiger partial charge in [0, 0.05) is 32.1 Å². The molecule has 1 N–H and O–H groups in total. The second-order valence-electron chi connectivity index (χ2n) is 5.67. The van der Waals surface area contributed by atoms with Gasteiger partial charge in [0.05, 0.1) is 6.20 Å². The average Bonchev–Trinajstić information content (AvgIpc) is 2.79. The predicted molar refractivity (Wildman–Crippen MR) is 93.8 cm³/mol. The largest absolute Gasteiger partial charge is 0.441 e. The Labute approximate surface area is 141 Å². The summed E-state index contributed by atoms with van der Waals surface area (Å²) >= 11 is 5.80. The van der Waals surface area contributed by atoms with E-state index in [0.717, 1.165) is 38.2 Å². The van der Waals surface area contributed by atoms with Gasteiger partial charge < -0.3 is 9.73 Å². The van der Waals surface area contributed by atoms with Crippen molar-refractivity contribution in [1.29, 1.82) is 0 Å². The highest BCUT2D eigenvalue weighted by atomic mass is 127. The van der Waals surface area contributed by atoms with Crippen LogP contribution in [0.4, 0.5) is 0 Å². The monoisotopic (exact) mass is 448 g/mol. The number of halogens is 2. The number of hydrogen-bond acceptors (Lipinski definition) is 3. The van der Waals surface area contributed by atoms with Gasteiger partial charge in [0.2, 0.25) is 0 Å². The standard InChI is InChI=1S/C15H18BrIN2O/c1-15(2,3)19-7-6-14-18-9-13(20-14)11-8-10(16)4-5-12(11)17/h4-5,8-9,19H,6-7H2,1-3H3. The molecule has 5 heteroatoms. The summed E-state index contributed by atoms with van der Waals surface area (Å²) in [6.07, 6.45) is 2.60. The lowest BCUT2D eigenvalue weighted by Gasteiger charge is -2.19. The summed E-state index contributed by atoms with van der Waals surface area (Å²) in [6.45, 7) is 7.31. The Kier molecular flexibility index (Phi) is 5.25. The third-order valence-electron chi connectivity index (χ3n) is 2.74. The molecule has 2 rings (SSSR count). The lowest BCUT2D eigenvalue weighted by molar-refractivity contribution is 0.412. The van der Waals surface area contributed by atoms with E-state index in [4.69, 9.17) is 4.42 Å². The molecular weight excluding hydrogens is 431 g/mol. The van der Waals surface area contributed by atoms with Gasteiger partial charge in [0.15, 0.2) is 11.7 Å². The number of nitrogens with one attached hydrogen (secondary N) is 1. The third kappa shape index (κ3) is 4.56. The highest BCUT2D eigenvalue weighted by molar-refractivity contribution is 14.1. The number of oxazole rings is 1. The van der Waals surface area contributed by atoms with Crippen LogP contribution in [0.3, 0.4) is 0 Å². The second kappa shape index (κ2) is 6.58. The molecule has 20 heavy (non-hydrogen) atoms. The van der Waals surface area contributed by atoms with Crippen LogP contribution in [0.15, 0.2) is 33.3 Å². The Morgan fingerprint density at radius 3 is 2.80 bits per heavy atom. The highest BCUT2D eigenvalue weighted by Crippen LogP contribution is 2.28. The van der Waals surface area contributed by atoms with Crippen molar-refractivity contribution in [2.75, 3.05) is 6.54 Å². The summed E-state index contributed by atoms with van der Waals surface area (Å²) in [5.74, 6) is 1.59.